The SMILES string of the molecule is CCOC(=O)Nc1cc(CN2CN(c3ccc(C(c4ccccc4)(c4ccccc4)c4ccccc4)cc3)C(C(=O)C=O)C2(C)C)ccn1. The molecule has 0 saturated carbocycles. The third kappa shape index (κ3) is 6.47. The predicted octanol–water partition coefficient (Wildman–Crippen LogP) is 7.23. The maximum Gasteiger partial charge on any atom is 0.412 e. The van der Waals surface area contributed by atoms with Crippen LogP contribution in [0.3, 0.4) is 0 Å². The first-order valence-electron chi connectivity index (χ1n) is 16.5. The molecule has 0 bridgehead atoms. The summed E-state index contributed by atoms with van der Waals surface area (Å²) in [5.41, 5.74) is 4.91. The van der Waals surface area contributed by atoms with Crippen molar-refractivity contribution < 1.29 is 19.1 Å². The van der Waals surface area contributed by atoms with E-state index in [0.717, 1.165) is 33.5 Å². The van der Waals surface area contributed by atoms with Gasteiger partial charge in [0.2, 0.25) is 5.78 Å². The lowest BCUT2D eigenvalue weighted by Gasteiger charge is -2.37. The zero-order valence-corrected chi connectivity index (χ0v) is 28.0. The maximum atomic E-state index is 13.3. The summed E-state index contributed by atoms with van der Waals surface area (Å²) in [4.78, 5) is 45.8. The van der Waals surface area contributed by atoms with Gasteiger partial charge in [-0.05, 0) is 72.9 Å². The van der Waals surface area contributed by atoms with Gasteiger partial charge < -0.3 is 9.64 Å². The van der Waals surface area contributed by atoms with Crippen molar-refractivity contribution in [1.29, 1.82) is 0 Å². The highest BCUT2D eigenvalue weighted by molar-refractivity contribution is 6.28. The van der Waals surface area contributed by atoms with Crippen molar-refractivity contribution in [2.75, 3.05) is 23.5 Å². The number of amides is 1. The van der Waals surface area contributed by atoms with Gasteiger partial charge in [0.1, 0.15) is 11.9 Å². The Bertz CT molecular complexity index is 1800. The average Bonchev–Trinajstić information content (AvgIpc) is 3.39. The van der Waals surface area contributed by atoms with Crippen LogP contribution in [0, 0.1) is 0 Å². The lowest BCUT2D eigenvalue weighted by atomic mass is 9.65. The van der Waals surface area contributed by atoms with E-state index in [4.69, 9.17) is 4.74 Å². The number of nitrogens with one attached hydrogen (secondary N) is 1. The summed E-state index contributed by atoms with van der Waals surface area (Å²) in [5, 5.41) is 2.65. The van der Waals surface area contributed by atoms with Crippen LogP contribution in [0.5, 0.6) is 0 Å². The fraction of sp³-hybridized carbons (Fsp3) is 0.220. The molecule has 0 spiro atoms. The minimum atomic E-state index is -0.711. The lowest BCUT2D eigenvalue weighted by Crippen LogP contribution is -2.51. The number of carbonyl (C=O) groups is 3. The number of hydrogen-bond donors (Lipinski definition) is 1. The predicted molar refractivity (Wildman–Crippen MR) is 191 cm³/mol. The molecule has 2 heterocycles. The number of aldehydes is 1. The van der Waals surface area contributed by atoms with Gasteiger partial charge in [0.05, 0.1) is 18.7 Å². The van der Waals surface area contributed by atoms with Crippen LogP contribution < -0.4 is 10.2 Å². The maximum absolute atomic E-state index is 13.3. The van der Waals surface area contributed by atoms with E-state index in [0.29, 0.717) is 25.3 Å². The molecule has 4 aromatic carbocycles. The molecule has 6 rings (SSSR count). The van der Waals surface area contributed by atoms with Crippen molar-refractivity contribution in [3.63, 3.8) is 0 Å². The summed E-state index contributed by atoms with van der Waals surface area (Å²) in [6, 6.07) is 42.8. The summed E-state index contributed by atoms with van der Waals surface area (Å²) in [7, 11) is 0. The molecule has 1 unspecified atom stereocenters. The molecule has 1 amide bonds. The van der Waals surface area contributed by atoms with Gasteiger partial charge in [-0.15, -0.1) is 0 Å². The van der Waals surface area contributed by atoms with E-state index >= 15 is 0 Å². The Morgan fingerprint density at radius 2 is 1.37 bits per heavy atom. The number of nitrogens with zero attached hydrogens (tertiary/aromatic N) is 3. The van der Waals surface area contributed by atoms with Gasteiger partial charge in [0, 0.05) is 24.0 Å². The van der Waals surface area contributed by atoms with E-state index in [-0.39, 0.29) is 6.61 Å². The van der Waals surface area contributed by atoms with E-state index in [1.807, 2.05) is 43.0 Å². The van der Waals surface area contributed by atoms with Gasteiger partial charge in [-0.25, -0.2) is 9.78 Å². The van der Waals surface area contributed by atoms with Gasteiger partial charge >= 0.3 is 6.09 Å². The number of benzene rings is 4. The summed E-state index contributed by atoms with van der Waals surface area (Å²) >= 11 is 0. The molecule has 5 aromatic rings. The van der Waals surface area contributed by atoms with Crippen molar-refractivity contribution in [1.82, 2.24) is 9.88 Å². The molecule has 1 atom stereocenters. The van der Waals surface area contributed by atoms with Crippen LogP contribution in [-0.2, 0) is 26.3 Å². The second-order valence-corrected chi connectivity index (χ2v) is 12.7. The fourth-order valence-electron chi connectivity index (χ4n) is 7.15. The van der Waals surface area contributed by atoms with Gasteiger partial charge in [-0.1, -0.05) is 103 Å². The zero-order chi connectivity index (χ0) is 34.4. The van der Waals surface area contributed by atoms with Crippen LogP contribution in [0.4, 0.5) is 16.3 Å². The summed E-state index contributed by atoms with van der Waals surface area (Å²) < 4.78 is 4.99. The van der Waals surface area contributed by atoms with Crippen molar-refractivity contribution in [3.05, 3.63) is 161 Å². The number of ketones is 1. The summed E-state index contributed by atoms with van der Waals surface area (Å²) in [6.07, 6.45) is 1.48. The van der Waals surface area contributed by atoms with Crippen molar-refractivity contribution >= 4 is 29.7 Å². The van der Waals surface area contributed by atoms with E-state index in [9.17, 15) is 14.4 Å². The second kappa shape index (κ2) is 14.3. The Kier molecular flexibility index (Phi) is 9.69. The first-order chi connectivity index (χ1) is 23.8. The normalized spacial score (nSPS) is 15.8. The van der Waals surface area contributed by atoms with E-state index < -0.39 is 28.9 Å². The average molecular weight is 653 g/mol. The van der Waals surface area contributed by atoms with E-state index in [1.165, 1.54) is 0 Å². The van der Waals surface area contributed by atoms with Crippen molar-refractivity contribution in [2.45, 2.75) is 44.3 Å². The number of ether oxygens (including phenoxy) is 1. The number of aromatic nitrogens is 1. The standard InChI is InChI=1S/C41H40N4O4/c1-4-49-39(48)43-37-26-30(24-25-42-37)27-44-29-45(38(36(47)28-46)40(44,2)3)35-22-20-34(21-23-35)41(31-14-8-5-9-15-31,32-16-10-6-11-17-32)33-18-12-7-13-19-33/h5-26,28,38H,4,27,29H2,1-3H3,(H,42,43,48). The molecule has 1 aliphatic rings. The van der Waals surface area contributed by atoms with Gasteiger partial charge in [0.15, 0.2) is 6.29 Å². The minimum Gasteiger partial charge on any atom is -0.450 e. The van der Waals surface area contributed by atoms with Crippen LogP contribution >= 0.6 is 0 Å². The van der Waals surface area contributed by atoms with Crippen molar-refractivity contribution in [2.24, 2.45) is 0 Å². The smallest absolute Gasteiger partial charge is 0.412 e. The molecule has 248 valence electrons. The van der Waals surface area contributed by atoms with Crippen LogP contribution in [0.2, 0.25) is 0 Å². The van der Waals surface area contributed by atoms with Crippen LogP contribution in [-0.4, -0.2) is 52.9 Å². The second-order valence-electron chi connectivity index (χ2n) is 12.7. The molecule has 8 nitrogen and oxygen atoms in total. The number of pyridine rings is 1. The number of carbonyl (C=O) groups excluding carboxylic acids is 3. The number of rotatable bonds is 11. The molecule has 1 aromatic heterocycles. The molecule has 0 radical (unpaired) electrons. The van der Waals surface area contributed by atoms with Crippen LogP contribution in [0.25, 0.3) is 0 Å². The highest BCUT2D eigenvalue weighted by Crippen LogP contribution is 2.46. The minimum absolute atomic E-state index is 0.252. The molecule has 8 heteroatoms. The Hall–Kier alpha value is -5.60. The van der Waals surface area contributed by atoms with Gasteiger partial charge in [0.25, 0.3) is 0 Å². The molecule has 1 N–H and O–H groups in total. The Morgan fingerprint density at radius 3 is 1.88 bits per heavy atom. The fourth-order valence-corrected chi connectivity index (χ4v) is 7.15. The Labute approximate surface area is 287 Å². The van der Waals surface area contributed by atoms with E-state index in [2.05, 4.69) is 112 Å². The highest BCUT2D eigenvalue weighted by atomic mass is 16.5. The number of anilines is 2. The lowest BCUT2D eigenvalue weighted by molar-refractivity contribution is -0.131. The number of hydrogen-bond acceptors (Lipinski definition) is 7. The monoisotopic (exact) mass is 652 g/mol. The first-order valence-corrected chi connectivity index (χ1v) is 16.5. The number of Topliss-reactive ketones (excluding diaryl/α,β-unsaturated/α-hetero) is 1. The first kappa shape index (κ1) is 33.3. The van der Waals surface area contributed by atoms with E-state index in [1.54, 1.807) is 19.2 Å². The van der Waals surface area contributed by atoms with Crippen molar-refractivity contribution in [3.8, 4) is 0 Å². The molecule has 0 aliphatic carbocycles. The Balaban J connectivity index is 1.38. The van der Waals surface area contributed by atoms with Gasteiger partial charge in [-0.2, -0.15) is 0 Å². The molecule has 49 heavy (non-hydrogen) atoms. The third-order valence-electron chi connectivity index (χ3n) is 9.46. The Morgan fingerprint density at radius 1 is 0.837 bits per heavy atom. The van der Waals surface area contributed by atoms with Crippen LogP contribution in [0.15, 0.2) is 134 Å². The molecule has 1 fully saturated rings. The largest absolute Gasteiger partial charge is 0.450 e. The summed E-state index contributed by atoms with van der Waals surface area (Å²) in [5.74, 6) is -0.108. The molecule has 1 saturated heterocycles. The summed E-state index contributed by atoms with van der Waals surface area (Å²) in [6.45, 7) is 6.82. The van der Waals surface area contributed by atoms with Gasteiger partial charge in [-0.3, -0.25) is 19.8 Å². The quantitative estimate of drug-likeness (QED) is 0.0915. The zero-order valence-electron chi connectivity index (χ0n) is 28.0. The highest BCUT2D eigenvalue weighted by Gasteiger charge is 2.50. The van der Waals surface area contributed by atoms with Crippen LogP contribution in [0.1, 0.15) is 48.6 Å². The molecule has 1 aliphatic heterocycles. The molecular weight excluding hydrogens is 612 g/mol. The topological polar surface area (TPSA) is 91.8 Å². The third-order valence-corrected chi connectivity index (χ3v) is 9.46. The molecular formula is C41H40N4O4.